The van der Waals surface area contributed by atoms with Crippen LogP contribution in [0.15, 0.2) is 9.98 Å². The highest BCUT2D eigenvalue weighted by Crippen LogP contribution is 2.03. The van der Waals surface area contributed by atoms with Gasteiger partial charge in [-0.2, -0.15) is 0 Å². The van der Waals surface area contributed by atoms with Crippen molar-refractivity contribution in [1.29, 1.82) is 0 Å². The van der Waals surface area contributed by atoms with Gasteiger partial charge >= 0.3 is 0 Å². The van der Waals surface area contributed by atoms with E-state index in [0.29, 0.717) is 12.1 Å². The Morgan fingerprint density at radius 2 is 1.64 bits per heavy atom. The van der Waals surface area contributed by atoms with Crippen molar-refractivity contribution in [1.82, 2.24) is 4.90 Å². The van der Waals surface area contributed by atoms with E-state index in [4.69, 9.17) is 0 Å². The van der Waals surface area contributed by atoms with Crippen molar-refractivity contribution in [2.75, 3.05) is 19.6 Å². The summed E-state index contributed by atoms with van der Waals surface area (Å²) in [6, 6.07) is 3.85. The highest BCUT2D eigenvalue weighted by molar-refractivity contribution is 5.40. The molecule has 0 aromatic carbocycles. The SMILES string of the molecule is CCN=C=NCCN(C(C)C)C(C)C. The zero-order valence-electron chi connectivity index (χ0n) is 10.1. The molecule has 0 aromatic heterocycles. The molecule has 0 atom stereocenters. The van der Waals surface area contributed by atoms with Gasteiger partial charge in [0.25, 0.3) is 0 Å². The minimum Gasteiger partial charge on any atom is -0.297 e. The third-order valence-electron chi connectivity index (χ3n) is 2.10. The molecule has 0 aliphatic carbocycles. The number of nitrogens with zero attached hydrogens (tertiary/aromatic N) is 3. The minimum atomic E-state index is 0.577. The second-order valence-corrected chi connectivity index (χ2v) is 3.88. The lowest BCUT2D eigenvalue weighted by Crippen LogP contribution is -2.38. The van der Waals surface area contributed by atoms with Crippen LogP contribution < -0.4 is 0 Å². The third-order valence-corrected chi connectivity index (χ3v) is 2.10. The summed E-state index contributed by atoms with van der Waals surface area (Å²) >= 11 is 0. The standard InChI is InChI=1S/C11H23N3/c1-6-12-9-13-7-8-14(10(2)3)11(4)5/h10-11H,6-8H2,1-5H3. The average Bonchev–Trinajstić information content (AvgIpc) is 2.09. The molecule has 0 bridgehead atoms. The normalized spacial score (nSPS) is 10.9. The van der Waals surface area contributed by atoms with Gasteiger partial charge in [-0.15, -0.1) is 0 Å². The van der Waals surface area contributed by atoms with Gasteiger partial charge in [-0.05, 0) is 34.6 Å². The van der Waals surface area contributed by atoms with Crippen LogP contribution in [0.25, 0.3) is 0 Å². The maximum atomic E-state index is 4.11. The highest BCUT2D eigenvalue weighted by Gasteiger charge is 2.11. The average molecular weight is 197 g/mol. The Kier molecular flexibility index (Phi) is 7.35. The molecule has 14 heavy (non-hydrogen) atoms. The molecule has 0 saturated heterocycles. The Balaban J connectivity index is 3.89. The van der Waals surface area contributed by atoms with Gasteiger partial charge in [0.05, 0.1) is 12.6 Å². The van der Waals surface area contributed by atoms with Gasteiger partial charge in [-0.1, -0.05) is 0 Å². The van der Waals surface area contributed by atoms with Gasteiger partial charge in [-0.25, -0.2) is 9.98 Å². The Hall–Kier alpha value is -0.660. The molecule has 3 nitrogen and oxygen atoms in total. The van der Waals surface area contributed by atoms with Gasteiger partial charge in [0.15, 0.2) is 0 Å². The minimum absolute atomic E-state index is 0.577. The van der Waals surface area contributed by atoms with E-state index in [1.54, 1.807) is 0 Å². The molecule has 0 spiro atoms. The maximum absolute atomic E-state index is 4.11. The second-order valence-electron chi connectivity index (χ2n) is 3.88. The summed E-state index contributed by atoms with van der Waals surface area (Å²) in [5.41, 5.74) is 0. The Labute approximate surface area is 87.9 Å². The monoisotopic (exact) mass is 197 g/mol. The first-order valence-electron chi connectivity index (χ1n) is 5.43. The molecule has 0 N–H and O–H groups in total. The summed E-state index contributed by atoms with van der Waals surface area (Å²) in [7, 11) is 0. The van der Waals surface area contributed by atoms with E-state index in [1.165, 1.54) is 0 Å². The van der Waals surface area contributed by atoms with E-state index in [1.807, 2.05) is 6.92 Å². The fourth-order valence-electron chi connectivity index (χ4n) is 1.45. The van der Waals surface area contributed by atoms with Crippen molar-refractivity contribution in [3.63, 3.8) is 0 Å². The van der Waals surface area contributed by atoms with Crippen LogP contribution in [-0.4, -0.2) is 42.6 Å². The quantitative estimate of drug-likeness (QED) is 0.600. The Bertz CT molecular complexity index is 183. The number of aliphatic imine (C=N–C) groups is 2. The first-order valence-corrected chi connectivity index (χ1v) is 5.43. The summed E-state index contributed by atoms with van der Waals surface area (Å²) < 4.78 is 0. The maximum Gasteiger partial charge on any atom is 0.0892 e. The summed E-state index contributed by atoms with van der Waals surface area (Å²) in [6.07, 6.45) is 0. The number of hydrogen-bond acceptors (Lipinski definition) is 3. The number of hydrogen-bond donors (Lipinski definition) is 0. The molecule has 0 saturated carbocycles. The fraction of sp³-hybridized carbons (Fsp3) is 0.909. The highest BCUT2D eigenvalue weighted by atomic mass is 15.2. The topological polar surface area (TPSA) is 28.0 Å². The van der Waals surface area contributed by atoms with Crippen molar-refractivity contribution in [2.45, 2.75) is 46.7 Å². The van der Waals surface area contributed by atoms with Crippen molar-refractivity contribution in [3.05, 3.63) is 0 Å². The summed E-state index contributed by atoms with van der Waals surface area (Å²) in [6.45, 7) is 13.4. The van der Waals surface area contributed by atoms with E-state index >= 15 is 0 Å². The molecule has 0 radical (unpaired) electrons. The molecule has 82 valence electrons. The predicted molar refractivity (Wildman–Crippen MR) is 62.2 cm³/mol. The van der Waals surface area contributed by atoms with Crippen LogP contribution >= 0.6 is 0 Å². The van der Waals surface area contributed by atoms with Crippen LogP contribution in [0.1, 0.15) is 34.6 Å². The van der Waals surface area contributed by atoms with Gasteiger partial charge in [-0.3, -0.25) is 4.90 Å². The van der Waals surface area contributed by atoms with Crippen molar-refractivity contribution < 1.29 is 0 Å². The Morgan fingerprint density at radius 1 is 1.07 bits per heavy atom. The van der Waals surface area contributed by atoms with Crippen LogP contribution in [0, 0.1) is 0 Å². The van der Waals surface area contributed by atoms with Crippen LogP contribution in [0.4, 0.5) is 0 Å². The molecule has 0 unspecified atom stereocenters. The van der Waals surface area contributed by atoms with Gasteiger partial charge < -0.3 is 0 Å². The smallest absolute Gasteiger partial charge is 0.0892 e. The van der Waals surface area contributed by atoms with Gasteiger partial charge in [0.2, 0.25) is 0 Å². The van der Waals surface area contributed by atoms with Crippen molar-refractivity contribution in [2.24, 2.45) is 9.98 Å². The van der Waals surface area contributed by atoms with E-state index in [0.717, 1.165) is 19.6 Å². The zero-order chi connectivity index (χ0) is 11.0. The largest absolute Gasteiger partial charge is 0.297 e. The third kappa shape index (κ3) is 5.90. The lowest BCUT2D eigenvalue weighted by molar-refractivity contribution is 0.181. The van der Waals surface area contributed by atoms with Crippen LogP contribution in [0.5, 0.6) is 0 Å². The molecular weight excluding hydrogens is 174 g/mol. The second kappa shape index (κ2) is 7.72. The molecule has 0 amide bonds. The summed E-state index contributed by atoms with van der Waals surface area (Å²) in [5.74, 6) is 0. The molecule has 0 fully saturated rings. The predicted octanol–water partition coefficient (Wildman–Crippen LogP) is 2.30. The molecule has 0 rings (SSSR count). The lowest BCUT2D eigenvalue weighted by Gasteiger charge is -2.29. The zero-order valence-corrected chi connectivity index (χ0v) is 10.1. The van der Waals surface area contributed by atoms with Crippen molar-refractivity contribution >= 4 is 6.01 Å². The van der Waals surface area contributed by atoms with Gasteiger partial charge in [0, 0.05) is 25.2 Å². The molecule has 0 aliphatic heterocycles. The molecule has 0 aliphatic rings. The first kappa shape index (κ1) is 13.3. The van der Waals surface area contributed by atoms with E-state index in [-0.39, 0.29) is 0 Å². The van der Waals surface area contributed by atoms with Crippen LogP contribution in [0.2, 0.25) is 0 Å². The molecular formula is C11H23N3. The lowest BCUT2D eigenvalue weighted by atomic mass is 10.2. The summed E-state index contributed by atoms with van der Waals surface area (Å²) in [5, 5.41) is 0. The molecule has 0 aromatic rings. The number of rotatable bonds is 6. The van der Waals surface area contributed by atoms with E-state index < -0.39 is 0 Å². The van der Waals surface area contributed by atoms with E-state index in [9.17, 15) is 0 Å². The Morgan fingerprint density at radius 3 is 2.07 bits per heavy atom. The van der Waals surface area contributed by atoms with Crippen LogP contribution in [0.3, 0.4) is 0 Å². The van der Waals surface area contributed by atoms with Crippen molar-refractivity contribution in [3.8, 4) is 0 Å². The first-order chi connectivity index (χ1) is 6.59. The molecule has 0 heterocycles. The van der Waals surface area contributed by atoms with E-state index in [2.05, 4.69) is 48.6 Å². The fourth-order valence-corrected chi connectivity index (χ4v) is 1.45. The summed E-state index contributed by atoms with van der Waals surface area (Å²) in [4.78, 5) is 10.4. The molecule has 3 heteroatoms. The van der Waals surface area contributed by atoms with Gasteiger partial charge in [0.1, 0.15) is 0 Å². The van der Waals surface area contributed by atoms with Crippen LogP contribution in [-0.2, 0) is 0 Å².